The number of hydrogen-bond donors (Lipinski definition) is 1. The highest BCUT2D eigenvalue weighted by Crippen LogP contribution is 2.36. The van der Waals surface area contributed by atoms with Crippen molar-refractivity contribution < 1.29 is 4.74 Å². The number of nitrogens with zero attached hydrogens (tertiary/aromatic N) is 1. The van der Waals surface area contributed by atoms with Crippen molar-refractivity contribution >= 4 is 17.3 Å². The number of ether oxygens (including phenoxy) is 1. The summed E-state index contributed by atoms with van der Waals surface area (Å²) in [7, 11) is 1.72. The van der Waals surface area contributed by atoms with E-state index in [1.807, 2.05) is 6.07 Å². The third kappa shape index (κ3) is 4.11. The van der Waals surface area contributed by atoms with Crippen LogP contribution in [-0.2, 0) is 11.3 Å². The standard InChI is InChI=1S/C16H25ClN2O/c1-3-10-19(13-7-8-13)16-6-4-5-15(17)14(16)12-18-9-11-20-2/h4-6,13,18H,3,7-12H2,1-2H3. The summed E-state index contributed by atoms with van der Waals surface area (Å²) in [6, 6.07) is 6.95. The minimum absolute atomic E-state index is 0.714. The lowest BCUT2D eigenvalue weighted by Gasteiger charge is -2.27. The van der Waals surface area contributed by atoms with Crippen molar-refractivity contribution in [1.29, 1.82) is 0 Å². The van der Waals surface area contributed by atoms with E-state index in [9.17, 15) is 0 Å². The van der Waals surface area contributed by atoms with Crippen LogP contribution in [0.1, 0.15) is 31.7 Å². The molecule has 1 aliphatic carbocycles. The fourth-order valence-corrected chi connectivity index (χ4v) is 2.74. The SMILES string of the molecule is CCCN(c1cccc(Cl)c1CNCCOC)C1CC1. The molecule has 0 aliphatic heterocycles. The molecule has 0 spiro atoms. The van der Waals surface area contributed by atoms with Crippen LogP contribution in [0.2, 0.25) is 5.02 Å². The summed E-state index contributed by atoms with van der Waals surface area (Å²) in [5.41, 5.74) is 2.51. The molecule has 2 rings (SSSR count). The van der Waals surface area contributed by atoms with Crippen molar-refractivity contribution in [2.45, 2.75) is 38.8 Å². The van der Waals surface area contributed by atoms with Gasteiger partial charge in [0.05, 0.1) is 6.61 Å². The van der Waals surface area contributed by atoms with Gasteiger partial charge in [0.15, 0.2) is 0 Å². The molecule has 0 saturated heterocycles. The monoisotopic (exact) mass is 296 g/mol. The van der Waals surface area contributed by atoms with Gasteiger partial charge in [-0.05, 0) is 31.4 Å². The van der Waals surface area contributed by atoms with Gasteiger partial charge in [0.25, 0.3) is 0 Å². The smallest absolute Gasteiger partial charge is 0.0587 e. The summed E-state index contributed by atoms with van der Waals surface area (Å²) >= 11 is 6.41. The third-order valence-electron chi connectivity index (χ3n) is 3.64. The summed E-state index contributed by atoms with van der Waals surface area (Å²) in [4.78, 5) is 2.53. The molecule has 20 heavy (non-hydrogen) atoms. The molecule has 4 heteroatoms. The molecular formula is C16H25ClN2O. The molecule has 0 atom stereocenters. The first-order valence-corrected chi connectivity index (χ1v) is 7.89. The van der Waals surface area contributed by atoms with Gasteiger partial charge in [-0.25, -0.2) is 0 Å². The zero-order valence-electron chi connectivity index (χ0n) is 12.5. The lowest BCUT2D eigenvalue weighted by Crippen LogP contribution is -2.29. The van der Waals surface area contributed by atoms with Crippen molar-refractivity contribution in [3.8, 4) is 0 Å². The lowest BCUT2D eigenvalue weighted by atomic mass is 10.1. The maximum absolute atomic E-state index is 6.41. The van der Waals surface area contributed by atoms with Crippen LogP contribution in [0.3, 0.4) is 0 Å². The van der Waals surface area contributed by atoms with Crippen molar-refractivity contribution in [1.82, 2.24) is 5.32 Å². The molecule has 0 aromatic heterocycles. The first-order valence-electron chi connectivity index (χ1n) is 7.51. The van der Waals surface area contributed by atoms with Gasteiger partial charge in [-0.1, -0.05) is 24.6 Å². The molecule has 0 unspecified atom stereocenters. The van der Waals surface area contributed by atoms with Crippen LogP contribution in [-0.4, -0.2) is 32.8 Å². The minimum Gasteiger partial charge on any atom is -0.383 e. The van der Waals surface area contributed by atoms with Crippen LogP contribution in [0, 0.1) is 0 Å². The fourth-order valence-electron chi connectivity index (χ4n) is 2.51. The summed E-state index contributed by atoms with van der Waals surface area (Å²) < 4.78 is 5.07. The second-order valence-electron chi connectivity index (χ2n) is 5.33. The minimum atomic E-state index is 0.714. The fraction of sp³-hybridized carbons (Fsp3) is 0.625. The maximum atomic E-state index is 6.41. The second kappa shape index (κ2) is 7.87. The van der Waals surface area contributed by atoms with Gasteiger partial charge < -0.3 is 15.0 Å². The average molecular weight is 297 g/mol. The van der Waals surface area contributed by atoms with Crippen molar-refractivity contribution in [2.75, 3.05) is 31.7 Å². The van der Waals surface area contributed by atoms with Gasteiger partial charge in [-0.2, -0.15) is 0 Å². The Bertz CT molecular complexity index is 421. The van der Waals surface area contributed by atoms with E-state index >= 15 is 0 Å². The second-order valence-corrected chi connectivity index (χ2v) is 5.74. The van der Waals surface area contributed by atoms with Crippen LogP contribution >= 0.6 is 11.6 Å². The normalized spacial score (nSPS) is 14.6. The van der Waals surface area contributed by atoms with Gasteiger partial charge in [0.2, 0.25) is 0 Å². The summed E-state index contributed by atoms with van der Waals surface area (Å²) in [5.74, 6) is 0. The Kier molecular flexibility index (Phi) is 6.14. The van der Waals surface area contributed by atoms with Gasteiger partial charge in [-0.3, -0.25) is 0 Å². The number of rotatable bonds is 9. The number of hydrogen-bond acceptors (Lipinski definition) is 3. The van der Waals surface area contributed by atoms with Crippen LogP contribution in [0.15, 0.2) is 18.2 Å². The summed E-state index contributed by atoms with van der Waals surface area (Å²) in [6.45, 7) is 5.71. The third-order valence-corrected chi connectivity index (χ3v) is 3.99. The van der Waals surface area contributed by atoms with Crippen LogP contribution in [0.5, 0.6) is 0 Å². The Morgan fingerprint density at radius 1 is 1.40 bits per heavy atom. The first kappa shape index (κ1) is 15.6. The Hall–Kier alpha value is -0.770. The highest BCUT2D eigenvalue weighted by Gasteiger charge is 2.30. The van der Waals surface area contributed by atoms with Crippen molar-refractivity contribution in [3.05, 3.63) is 28.8 Å². The van der Waals surface area contributed by atoms with E-state index in [-0.39, 0.29) is 0 Å². The average Bonchev–Trinajstić information content (AvgIpc) is 3.27. The Morgan fingerprint density at radius 2 is 2.20 bits per heavy atom. The molecular weight excluding hydrogens is 272 g/mol. The van der Waals surface area contributed by atoms with Crippen LogP contribution < -0.4 is 10.2 Å². The van der Waals surface area contributed by atoms with E-state index in [4.69, 9.17) is 16.3 Å². The lowest BCUT2D eigenvalue weighted by molar-refractivity contribution is 0.199. The molecule has 0 radical (unpaired) electrons. The predicted molar refractivity (Wildman–Crippen MR) is 85.7 cm³/mol. The Balaban J connectivity index is 2.11. The Labute approximate surface area is 127 Å². The number of anilines is 1. The highest BCUT2D eigenvalue weighted by atomic mass is 35.5. The molecule has 112 valence electrons. The van der Waals surface area contributed by atoms with Gasteiger partial charge in [0.1, 0.15) is 0 Å². The predicted octanol–water partition coefficient (Wildman–Crippen LogP) is 3.45. The van der Waals surface area contributed by atoms with Gasteiger partial charge in [-0.15, -0.1) is 0 Å². The molecule has 1 aliphatic rings. The molecule has 1 saturated carbocycles. The topological polar surface area (TPSA) is 24.5 Å². The summed E-state index contributed by atoms with van der Waals surface area (Å²) in [5, 5.41) is 4.26. The molecule has 1 aromatic rings. The first-order chi connectivity index (χ1) is 9.77. The molecule has 1 N–H and O–H groups in total. The molecule has 1 aromatic carbocycles. The molecule has 0 amide bonds. The molecule has 3 nitrogen and oxygen atoms in total. The number of benzene rings is 1. The van der Waals surface area contributed by atoms with E-state index in [1.54, 1.807) is 7.11 Å². The van der Waals surface area contributed by atoms with E-state index < -0.39 is 0 Å². The zero-order chi connectivity index (χ0) is 14.4. The van der Waals surface area contributed by atoms with E-state index in [0.717, 1.165) is 31.3 Å². The van der Waals surface area contributed by atoms with Crippen molar-refractivity contribution in [3.63, 3.8) is 0 Å². The maximum Gasteiger partial charge on any atom is 0.0587 e. The van der Waals surface area contributed by atoms with E-state index in [2.05, 4.69) is 29.3 Å². The Morgan fingerprint density at radius 3 is 2.85 bits per heavy atom. The highest BCUT2D eigenvalue weighted by molar-refractivity contribution is 6.31. The van der Waals surface area contributed by atoms with Crippen LogP contribution in [0.4, 0.5) is 5.69 Å². The van der Waals surface area contributed by atoms with Gasteiger partial charge >= 0.3 is 0 Å². The number of halogens is 1. The quantitative estimate of drug-likeness (QED) is 0.706. The molecule has 1 fully saturated rings. The largest absolute Gasteiger partial charge is 0.383 e. The van der Waals surface area contributed by atoms with E-state index in [0.29, 0.717) is 6.04 Å². The zero-order valence-corrected chi connectivity index (χ0v) is 13.2. The van der Waals surface area contributed by atoms with E-state index in [1.165, 1.54) is 30.5 Å². The molecule has 0 heterocycles. The van der Waals surface area contributed by atoms with Crippen molar-refractivity contribution in [2.24, 2.45) is 0 Å². The molecule has 0 bridgehead atoms. The van der Waals surface area contributed by atoms with Crippen LogP contribution in [0.25, 0.3) is 0 Å². The number of methoxy groups -OCH3 is 1. The summed E-state index contributed by atoms with van der Waals surface area (Å²) in [6.07, 6.45) is 3.78. The van der Waals surface area contributed by atoms with Gasteiger partial charge in [0, 0.05) is 49.1 Å². The number of nitrogens with one attached hydrogen (secondary N) is 1.